The fourth-order valence-electron chi connectivity index (χ4n) is 2.33. The van der Waals surface area contributed by atoms with Crippen LogP contribution >= 0.6 is 0 Å². The topological polar surface area (TPSA) is 129 Å². The lowest BCUT2D eigenvalue weighted by molar-refractivity contribution is -0.280. The first-order valence-electron chi connectivity index (χ1n) is 6.73. The van der Waals surface area contributed by atoms with Gasteiger partial charge in [-0.2, -0.15) is 0 Å². The maximum absolute atomic E-state index is 9.76. The average molecular weight is 294 g/mol. The molecule has 20 heavy (non-hydrogen) atoms. The van der Waals surface area contributed by atoms with Crippen molar-refractivity contribution in [3.05, 3.63) is 0 Å². The first kappa shape index (κ1) is 16.1. The van der Waals surface area contributed by atoms with Crippen LogP contribution in [0, 0.1) is 0 Å². The molecule has 2 aliphatic heterocycles. The molecule has 0 bridgehead atoms. The SMILES string of the molecule is OC[C@@H]1C[C@H](O)[C@H](O)[C@@H](OC[C@@H]2C[C@H](O)[C@H](O)CO2)O1. The molecule has 0 aliphatic carbocycles. The van der Waals surface area contributed by atoms with Gasteiger partial charge in [-0.3, -0.25) is 0 Å². The standard InChI is InChI=1S/C12H22O8/c13-3-6-1-9(15)11(17)12(20-6)19-4-7-2-8(14)10(16)5-18-7/h6-17H,1-5H2/t6-,7-,8-,9-,10+,11-,12-/m0/s1. The van der Waals surface area contributed by atoms with Crippen molar-refractivity contribution in [3.63, 3.8) is 0 Å². The highest BCUT2D eigenvalue weighted by atomic mass is 16.7. The van der Waals surface area contributed by atoms with E-state index in [1.807, 2.05) is 0 Å². The van der Waals surface area contributed by atoms with Gasteiger partial charge in [-0.05, 0) is 0 Å². The molecule has 2 heterocycles. The maximum Gasteiger partial charge on any atom is 0.186 e. The van der Waals surface area contributed by atoms with Gasteiger partial charge in [0.1, 0.15) is 12.2 Å². The number of hydrogen-bond acceptors (Lipinski definition) is 8. The Balaban J connectivity index is 1.80. The van der Waals surface area contributed by atoms with E-state index in [4.69, 9.17) is 19.3 Å². The Morgan fingerprint density at radius 3 is 2.30 bits per heavy atom. The van der Waals surface area contributed by atoms with Crippen molar-refractivity contribution in [2.45, 2.75) is 55.8 Å². The van der Waals surface area contributed by atoms with Crippen LogP contribution in [-0.2, 0) is 14.2 Å². The van der Waals surface area contributed by atoms with E-state index < -0.39 is 42.9 Å². The van der Waals surface area contributed by atoms with Crippen LogP contribution in [0.4, 0.5) is 0 Å². The predicted molar refractivity (Wildman–Crippen MR) is 64.7 cm³/mol. The van der Waals surface area contributed by atoms with Crippen molar-refractivity contribution in [1.82, 2.24) is 0 Å². The molecular weight excluding hydrogens is 272 g/mol. The molecule has 118 valence electrons. The molecule has 0 spiro atoms. The van der Waals surface area contributed by atoms with Gasteiger partial charge in [0.25, 0.3) is 0 Å². The minimum absolute atomic E-state index is 0.0190. The van der Waals surface area contributed by atoms with Crippen molar-refractivity contribution in [2.75, 3.05) is 19.8 Å². The quantitative estimate of drug-likeness (QED) is 0.380. The highest BCUT2D eigenvalue weighted by Gasteiger charge is 2.38. The highest BCUT2D eigenvalue weighted by molar-refractivity contribution is 4.82. The van der Waals surface area contributed by atoms with E-state index in [9.17, 15) is 20.4 Å². The summed E-state index contributed by atoms with van der Waals surface area (Å²) in [4.78, 5) is 0. The summed E-state index contributed by atoms with van der Waals surface area (Å²) in [6.07, 6.45) is -5.69. The van der Waals surface area contributed by atoms with E-state index in [0.717, 1.165) is 0 Å². The fourth-order valence-corrected chi connectivity index (χ4v) is 2.33. The van der Waals surface area contributed by atoms with E-state index in [1.165, 1.54) is 0 Å². The van der Waals surface area contributed by atoms with Gasteiger partial charge in [0.2, 0.25) is 0 Å². The van der Waals surface area contributed by atoms with Crippen molar-refractivity contribution < 1.29 is 39.7 Å². The number of hydrogen-bond donors (Lipinski definition) is 5. The fraction of sp³-hybridized carbons (Fsp3) is 1.00. The minimum Gasteiger partial charge on any atom is -0.394 e. The second-order valence-corrected chi connectivity index (χ2v) is 5.26. The van der Waals surface area contributed by atoms with Crippen LogP contribution in [0.25, 0.3) is 0 Å². The lowest BCUT2D eigenvalue weighted by Crippen LogP contribution is -2.51. The third kappa shape index (κ3) is 3.86. The van der Waals surface area contributed by atoms with Gasteiger partial charge in [0, 0.05) is 12.8 Å². The molecule has 8 heteroatoms. The van der Waals surface area contributed by atoms with Crippen molar-refractivity contribution in [1.29, 1.82) is 0 Å². The van der Waals surface area contributed by atoms with Gasteiger partial charge in [0.05, 0.1) is 44.2 Å². The molecule has 8 nitrogen and oxygen atoms in total. The van der Waals surface area contributed by atoms with Crippen molar-refractivity contribution in [3.8, 4) is 0 Å². The van der Waals surface area contributed by atoms with Crippen LogP contribution < -0.4 is 0 Å². The summed E-state index contributed by atoms with van der Waals surface area (Å²) in [5.74, 6) is 0. The largest absolute Gasteiger partial charge is 0.394 e. The first-order valence-corrected chi connectivity index (χ1v) is 6.73. The molecule has 0 radical (unpaired) electrons. The monoisotopic (exact) mass is 294 g/mol. The Kier molecular flexibility index (Phi) is 5.70. The minimum atomic E-state index is -1.20. The first-order chi connectivity index (χ1) is 9.51. The second kappa shape index (κ2) is 7.10. The third-order valence-electron chi connectivity index (χ3n) is 3.61. The van der Waals surface area contributed by atoms with E-state index in [-0.39, 0.29) is 32.7 Å². The zero-order valence-electron chi connectivity index (χ0n) is 11.0. The summed E-state index contributed by atoms with van der Waals surface area (Å²) in [5, 5.41) is 47.3. The molecular formula is C12H22O8. The van der Waals surface area contributed by atoms with Crippen LogP contribution in [0.15, 0.2) is 0 Å². The summed E-state index contributed by atoms with van der Waals surface area (Å²) >= 11 is 0. The van der Waals surface area contributed by atoms with Gasteiger partial charge < -0.3 is 39.7 Å². The lowest BCUT2D eigenvalue weighted by atomic mass is 10.0. The van der Waals surface area contributed by atoms with Crippen LogP contribution in [0.2, 0.25) is 0 Å². The van der Waals surface area contributed by atoms with Crippen LogP contribution in [0.5, 0.6) is 0 Å². The average Bonchev–Trinajstić information content (AvgIpc) is 2.44. The summed E-state index contributed by atoms with van der Waals surface area (Å²) in [6, 6.07) is 0. The molecule has 0 amide bonds. The molecule has 5 N–H and O–H groups in total. The number of aliphatic hydroxyl groups excluding tert-OH is 5. The molecule has 2 saturated heterocycles. The summed E-state index contributed by atoms with van der Waals surface area (Å²) in [6.45, 7) is -0.198. The summed E-state index contributed by atoms with van der Waals surface area (Å²) in [7, 11) is 0. The van der Waals surface area contributed by atoms with E-state index in [0.29, 0.717) is 0 Å². The van der Waals surface area contributed by atoms with Gasteiger partial charge in [0.15, 0.2) is 6.29 Å². The smallest absolute Gasteiger partial charge is 0.186 e. The lowest BCUT2D eigenvalue weighted by Gasteiger charge is -2.37. The second-order valence-electron chi connectivity index (χ2n) is 5.26. The van der Waals surface area contributed by atoms with Gasteiger partial charge in [-0.1, -0.05) is 0 Å². The zero-order chi connectivity index (χ0) is 14.7. The van der Waals surface area contributed by atoms with Crippen LogP contribution in [0.1, 0.15) is 12.8 Å². The summed E-state index contributed by atoms with van der Waals surface area (Å²) in [5.41, 5.74) is 0. The Hall–Kier alpha value is -0.320. The Morgan fingerprint density at radius 2 is 1.65 bits per heavy atom. The summed E-state index contributed by atoms with van der Waals surface area (Å²) < 4.78 is 16.0. The van der Waals surface area contributed by atoms with E-state index in [2.05, 4.69) is 0 Å². The van der Waals surface area contributed by atoms with Crippen molar-refractivity contribution in [2.24, 2.45) is 0 Å². The molecule has 0 unspecified atom stereocenters. The molecule has 0 saturated carbocycles. The third-order valence-corrected chi connectivity index (χ3v) is 3.61. The van der Waals surface area contributed by atoms with Crippen LogP contribution in [0.3, 0.4) is 0 Å². The van der Waals surface area contributed by atoms with Gasteiger partial charge in [-0.15, -0.1) is 0 Å². The Labute approximate surface area is 116 Å². The predicted octanol–water partition coefficient (Wildman–Crippen LogP) is -2.66. The van der Waals surface area contributed by atoms with E-state index >= 15 is 0 Å². The molecule has 7 atom stereocenters. The number of aliphatic hydroxyl groups is 5. The number of rotatable bonds is 4. The number of ether oxygens (including phenoxy) is 3. The zero-order valence-corrected chi connectivity index (χ0v) is 11.0. The van der Waals surface area contributed by atoms with Gasteiger partial charge >= 0.3 is 0 Å². The highest BCUT2D eigenvalue weighted by Crippen LogP contribution is 2.22. The van der Waals surface area contributed by atoms with Crippen LogP contribution in [-0.4, -0.2) is 88.3 Å². The Morgan fingerprint density at radius 1 is 0.950 bits per heavy atom. The van der Waals surface area contributed by atoms with Crippen molar-refractivity contribution >= 4 is 0 Å². The van der Waals surface area contributed by atoms with E-state index in [1.54, 1.807) is 0 Å². The molecule has 0 aromatic rings. The molecule has 0 aromatic carbocycles. The molecule has 2 aliphatic rings. The molecule has 2 fully saturated rings. The normalized spacial score (nSPS) is 46.4. The molecule has 2 rings (SSSR count). The Bertz CT molecular complexity index is 301. The maximum atomic E-state index is 9.76. The molecule has 0 aromatic heterocycles. The van der Waals surface area contributed by atoms with Gasteiger partial charge in [-0.25, -0.2) is 0 Å².